The minimum Gasteiger partial charge on any atom is -0.369 e. The van der Waals surface area contributed by atoms with Crippen LogP contribution in [0.5, 0.6) is 0 Å². The fourth-order valence-electron chi connectivity index (χ4n) is 3.27. The summed E-state index contributed by atoms with van der Waals surface area (Å²) >= 11 is 3.75. The molecule has 3 rings (SSSR count). The van der Waals surface area contributed by atoms with Gasteiger partial charge in [-0.15, -0.1) is 0 Å². The van der Waals surface area contributed by atoms with Crippen molar-refractivity contribution >= 4 is 21.6 Å². The van der Waals surface area contributed by atoms with Gasteiger partial charge in [0.25, 0.3) is 0 Å². The molecule has 1 saturated heterocycles. The van der Waals surface area contributed by atoms with Crippen LogP contribution in [0.25, 0.3) is 0 Å². The highest BCUT2D eigenvalue weighted by Crippen LogP contribution is 2.31. The number of halogens is 1. The predicted molar refractivity (Wildman–Crippen MR) is 93.0 cm³/mol. The molecule has 0 bridgehead atoms. The van der Waals surface area contributed by atoms with Crippen LogP contribution in [-0.2, 0) is 0 Å². The van der Waals surface area contributed by atoms with Crippen molar-refractivity contribution in [1.29, 1.82) is 0 Å². The Morgan fingerprint density at radius 3 is 2.52 bits per heavy atom. The molecule has 0 spiro atoms. The van der Waals surface area contributed by atoms with Crippen LogP contribution in [0, 0.1) is 0 Å². The van der Waals surface area contributed by atoms with Gasteiger partial charge < -0.3 is 10.2 Å². The lowest BCUT2D eigenvalue weighted by molar-refractivity contribution is 0.248. The summed E-state index contributed by atoms with van der Waals surface area (Å²) in [5.74, 6) is 0. The first-order chi connectivity index (χ1) is 10.2. The van der Waals surface area contributed by atoms with E-state index in [-0.39, 0.29) is 0 Å². The number of hydrogen-bond donors (Lipinski definition) is 1. The van der Waals surface area contributed by atoms with Gasteiger partial charge in [0, 0.05) is 48.4 Å². The van der Waals surface area contributed by atoms with Gasteiger partial charge in [-0.25, -0.2) is 0 Å². The van der Waals surface area contributed by atoms with Crippen molar-refractivity contribution in [1.82, 2.24) is 10.2 Å². The largest absolute Gasteiger partial charge is 0.369 e. The second-order valence-electron chi connectivity index (χ2n) is 6.24. The maximum atomic E-state index is 3.75. The molecule has 116 valence electrons. The molecule has 1 aromatic carbocycles. The van der Waals surface area contributed by atoms with E-state index in [2.05, 4.69) is 63.1 Å². The predicted octanol–water partition coefficient (Wildman–Crippen LogP) is 3.40. The molecule has 4 heteroatoms. The zero-order chi connectivity index (χ0) is 14.8. The van der Waals surface area contributed by atoms with E-state index in [4.69, 9.17) is 0 Å². The molecule has 1 unspecified atom stereocenters. The van der Waals surface area contributed by atoms with Crippen LogP contribution >= 0.6 is 15.9 Å². The summed E-state index contributed by atoms with van der Waals surface area (Å²) in [5, 5.41) is 3.48. The highest BCUT2D eigenvalue weighted by Gasteiger charge is 2.31. The van der Waals surface area contributed by atoms with Crippen LogP contribution in [0.1, 0.15) is 38.3 Å². The lowest BCUT2D eigenvalue weighted by Gasteiger charge is -2.36. The van der Waals surface area contributed by atoms with Gasteiger partial charge >= 0.3 is 0 Å². The minimum atomic E-state index is 0.394. The lowest BCUT2D eigenvalue weighted by atomic mass is 10.1. The lowest BCUT2D eigenvalue weighted by Crippen LogP contribution is -2.47. The Morgan fingerprint density at radius 2 is 1.95 bits per heavy atom. The van der Waals surface area contributed by atoms with Gasteiger partial charge in [0.2, 0.25) is 0 Å². The number of hydrogen-bond acceptors (Lipinski definition) is 3. The molecule has 3 nitrogen and oxygen atoms in total. The van der Waals surface area contributed by atoms with Gasteiger partial charge in [-0.2, -0.15) is 0 Å². The molecule has 0 amide bonds. The normalized spacial score (nSPS) is 21.6. The number of rotatable bonds is 5. The summed E-state index contributed by atoms with van der Waals surface area (Å²) in [6.45, 7) is 10.1. The SMILES string of the molecule is CCNC(C)c1ccc(N2CCN(C3CC3)CC2)cc1Br. The first-order valence-electron chi connectivity index (χ1n) is 8.21. The molecule has 1 saturated carbocycles. The summed E-state index contributed by atoms with van der Waals surface area (Å²) in [7, 11) is 0. The summed E-state index contributed by atoms with van der Waals surface area (Å²) in [4.78, 5) is 5.18. The maximum Gasteiger partial charge on any atom is 0.0378 e. The summed E-state index contributed by atoms with van der Waals surface area (Å²) in [6, 6.07) is 8.13. The van der Waals surface area contributed by atoms with Gasteiger partial charge in [0.15, 0.2) is 0 Å². The molecule has 1 aliphatic heterocycles. The molecular weight excluding hydrogens is 326 g/mol. The smallest absolute Gasteiger partial charge is 0.0378 e. The third-order valence-corrected chi connectivity index (χ3v) is 5.39. The number of piperazine rings is 1. The van der Waals surface area contributed by atoms with E-state index in [0.717, 1.165) is 25.7 Å². The number of anilines is 1. The van der Waals surface area contributed by atoms with Gasteiger partial charge in [-0.05, 0) is 44.0 Å². The molecule has 0 radical (unpaired) electrons. The van der Waals surface area contributed by atoms with Gasteiger partial charge in [0.05, 0.1) is 0 Å². The number of nitrogens with one attached hydrogen (secondary N) is 1. The first-order valence-corrected chi connectivity index (χ1v) is 9.00. The van der Waals surface area contributed by atoms with E-state index in [1.165, 1.54) is 41.7 Å². The van der Waals surface area contributed by atoms with E-state index >= 15 is 0 Å². The second kappa shape index (κ2) is 6.67. The Hall–Kier alpha value is -0.580. The Bertz CT molecular complexity index is 479. The van der Waals surface area contributed by atoms with E-state index in [9.17, 15) is 0 Å². The molecule has 2 aliphatic rings. The van der Waals surface area contributed by atoms with Crippen LogP contribution < -0.4 is 10.2 Å². The van der Waals surface area contributed by atoms with Crippen molar-refractivity contribution in [2.75, 3.05) is 37.6 Å². The van der Waals surface area contributed by atoms with Gasteiger partial charge in [-0.3, -0.25) is 4.90 Å². The summed E-state index contributed by atoms with van der Waals surface area (Å²) < 4.78 is 1.22. The van der Waals surface area contributed by atoms with Crippen molar-refractivity contribution in [2.45, 2.75) is 38.8 Å². The Labute approximate surface area is 136 Å². The first kappa shape index (κ1) is 15.3. The average molecular weight is 352 g/mol. The maximum absolute atomic E-state index is 3.75. The third kappa shape index (κ3) is 3.61. The Morgan fingerprint density at radius 1 is 1.24 bits per heavy atom. The Balaban J connectivity index is 1.64. The number of benzene rings is 1. The van der Waals surface area contributed by atoms with Crippen LogP contribution in [0.3, 0.4) is 0 Å². The van der Waals surface area contributed by atoms with Crippen molar-refractivity contribution < 1.29 is 0 Å². The molecule has 21 heavy (non-hydrogen) atoms. The highest BCUT2D eigenvalue weighted by atomic mass is 79.9. The van der Waals surface area contributed by atoms with E-state index in [1.54, 1.807) is 0 Å². The Kier molecular flexibility index (Phi) is 4.87. The summed E-state index contributed by atoms with van der Waals surface area (Å²) in [5.41, 5.74) is 2.70. The highest BCUT2D eigenvalue weighted by molar-refractivity contribution is 9.10. The van der Waals surface area contributed by atoms with Crippen molar-refractivity contribution in [3.05, 3.63) is 28.2 Å². The standard InChI is InChI=1S/C17H26BrN3/c1-3-19-13(2)16-7-6-15(12-17(16)18)21-10-8-20(9-11-21)14-4-5-14/h6-7,12-14,19H,3-5,8-11H2,1-2H3. The van der Waals surface area contributed by atoms with Crippen molar-refractivity contribution in [3.63, 3.8) is 0 Å². The zero-order valence-corrected chi connectivity index (χ0v) is 14.7. The fraction of sp³-hybridized carbons (Fsp3) is 0.647. The zero-order valence-electron chi connectivity index (χ0n) is 13.1. The molecular formula is C17H26BrN3. The fourth-order valence-corrected chi connectivity index (χ4v) is 3.98. The van der Waals surface area contributed by atoms with Crippen molar-refractivity contribution in [3.8, 4) is 0 Å². The van der Waals surface area contributed by atoms with Gasteiger partial charge in [-0.1, -0.05) is 28.9 Å². The third-order valence-electron chi connectivity index (χ3n) is 4.70. The quantitative estimate of drug-likeness (QED) is 0.876. The van der Waals surface area contributed by atoms with E-state index in [0.29, 0.717) is 6.04 Å². The molecule has 1 aromatic rings. The molecule has 2 fully saturated rings. The molecule has 1 N–H and O–H groups in total. The summed E-state index contributed by atoms with van der Waals surface area (Å²) in [6.07, 6.45) is 2.84. The second-order valence-corrected chi connectivity index (χ2v) is 7.09. The molecule has 0 aromatic heterocycles. The van der Waals surface area contributed by atoms with Crippen LogP contribution in [0.15, 0.2) is 22.7 Å². The van der Waals surface area contributed by atoms with Crippen LogP contribution in [0.2, 0.25) is 0 Å². The van der Waals surface area contributed by atoms with Crippen LogP contribution in [0.4, 0.5) is 5.69 Å². The topological polar surface area (TPSA) is 18.5 Å². The van der Waals surface area contributed by atoms with Crippen molar-refractivity contribution in [2.24, 2.45) is 0 Å². The molecule has 1 aliphatic carbocycles. The monoisotopic (exact) mass is 351 g/mol. The van der Waals surface area contributed by atoms with E-state index < -0.39 is 0 Å². The van der Waals surface area contributed by atoms with E-state index in [1.807, 2.05) is 0 Å². The van der Waals surface area contributed by atoms with Gasteiger partial charge in [0.1, 0.15) is 0 Å². The molecule has 1 heterocycles. The van der Waals surface area contributed by atoms with Crippen LogP contribution in [-0.4, -0.2) is 43.7 Å². The molecule has 1 atom stereocenters. The minimum absolute atomic E-state index is 0.394. The number of nitrogens with zero attached hydrogens (tertiary/aromatic N) is 2. The average Bonchev–Trinajstić information content (AvgIpc) is 3.32.